The van der Waals surface area contributed by atoms with Gasteiger partial charge in [0.15, 0.2) is 5.96 Å². The highest BCUT2D eigenvalue weighted by Gasteiger charge is 2.06. The maximum Gasteiger partial charge on any atom is 0.193 e. The van der Waals surface area contributed by atoms with Crippen LogP contribution in [0.1, 0.15) is 17.4 Å². The lowest BCUT2D eigenvalue weighted by Gasteiger charge is -2.21. The fourth-order valence-electron chi connectivity index (χ4n) is 2.25. The van der Waals surface area contributed by atoms with E-state index in [9.17, 15) is 4.39 Å². The van der Waals surface area contributed by atoms with Crippen LogP contribution < -0.4 is 5.32 Å². The molecule has 1 aromatic heterocycles. The van der Waals surface area contributed by atoms with E-state index in [4.69, 9.17) is 0 Å². The highest BCUT2D eigenvalue weighted by Crippen LogP contribution is 2.09. The van der Waals surface area contributed by atoms with Crippen LogP contribution in [0.3, 0.4) is 0 Å². The predicted molar refractivity (Wildman–Crippen MR) is 96.7 cm³/mol. The molecule has 0 aliphatic rings. The Morgan fingerprint density at radius 2 is 2.00 bits per heavy atom. The quantitative estimate of drug-likeness (QED) is 0.620. The second-order valence-corrected chi connectivity index (χ2v) is 6.40. The van der Waals surface area contributed by atoms with Crippen molar-refractivity contribution in [2.75, 3.05) is 26.7 Å². The van der Waals surface area contributed by atoms with Crippen LogP contribution in [-0.2, 0) is 12.8 Å². The molecule has 0 spiro atoms. The molecule has 124 valence electrons. The van der Waals surface area contributed by atoms with Crippen molar-refractivity contribution in [1.82, 2.24) is 10.2 Å². The van der Waals surface area contributed by atoms with Gasteiger partial charge in [0.25, 0.3) is 0 Å². The van der Waals surface area contributed by atoms with Crippen molar-refractivity contribution in [3.8, 4) is 0 Å². The number of benzene rings is 1. The van der Waals surface area contributed by atoms with Gasteiger partial charge in [-0.05, 0) is 48.9 Å². The van der Waals surface area contributed by atoms with Crippen molar-refractivity contribution < 1.29 is 4.39 Å². The van der Waals surface area contributed by atoms with Gasteiger partial charge in [-0.3, -0.25) is 4.99 Å². The fourth-order valence-corrected chi connectivity index (χ4v) is 2.95. The van der Waals surface area contributed by atoms with E-state index in [2.05, 4.69) is 46.7 Å². The van der Waals surface area contributed by atoms with Crippen LogP contribution in [-0.4, -0.2) is 37.5 Å². The number of likely N-dealkylation sites (N-methyl/N-ethyl adjacent to an activating group) is 1. The number of guanidine groups is 1. The first-order valence-corrected chi connectivity index (χ1v) is 8.83. The van der Waals surface area contributed by atoms with E-state index in [0.29, 0.717) is 6.54 Å². The van der Waals surface area contributed by atoms with E-state index in [1.54, 1.807) is 11.3 Å². The van der Waals surface area contributed by atoms with Crippen molar-refractivity contribution in [1.29, 1.82) is 0 Å². The van der Waals surface area contributed by atoms with Crippen molar-refractivity contribution in [2.24, 2.45) is 4.99 Å². The summed E-state index contributed by atoms with van der Waals surface area (Å²) in [7, 11) is 2.06. The zero-order valence-corrected chi connectivity index (χ0v) is 14.6. The van der Waals surface area contributed by atoms with Gasteiger partial charge < -0.3 is 10.2 Å². The molecule has 1 aromatic carbocycles. The van der Waals surface area contributed by atoms with E-state index in [1.807, 2.05) is 12.1 Å². The van der Waals surface area contributed by atoms with E-state index in [0.717, 1.165) is 37.5 Å². The number of hydrogen-bond donors (Lipinski definition) is 1. The van der Waals surface area contributed by atoms with Crippen LogP contribution in [0.4, 0.5) is 4.39 Å². The molecule has 3 nitrogen and oxygen atoms in total. The number of rotatable bonds is 7. The smallest absolute Gasteiger partial charge is 0.193 e. The summed E-state index contributed by atoms with van der Waals surface area (Å²) >= 11 is 1.79. The number of nitrogens with one attached hydrogen (secondary N) is 1. The lowest BCUT2D eigenvalue weighted by molar-refractivity contribution is 0.487. The van der Waals surface area contributed by atoms with Gasteiger partial charge in [0, 0.05) is 31.6 Å². The second kappa shape index (κ2) is 9.30. The monoisotopic (exact) mass is 333 g/mol. The van der Waals surface area contributed by atoms with Gasteiger partial charge in [0.2, 0.25) is 0 Å². The minimum Gasteiger partial charge on any atom is -0.357 e. The summed E-state index contributed by atoms with van der Waals surface area (Å²) in [4.78, 5) is 8.22. The van der Waals surface area contributed by atoms with Gasteiger partial charge in [-0.1, -0.05) is 18.2 Å². The largest absolute Gasteiger partial charge is 0.357 e. The molecule has 0 aliphatic heterocycles. The van der Waals surface area contributed by atoms with Crippen molar-refractivity contribution in [3.63, 3.8) is 0 Å². The van der Waals surface area contributed by atoms with E-state index >= 15 is 0 Å². The number of aliphatic imine (C=N–C) groups is 1. The first-order valence-electron chi connectivity index (χ1n) is 7.95. The minimum atomic E-state index is -0.195. The molecule has 1 N–H and O–H groups in total. The van der Waals surface area contributed by atoms with Crippen molar-refractivity contribution in [3.05, 3.63) is 58.0 Å². The SMILES string of the molecule is CCNC(=NCCc1ccc(F)cc1)N(C)CCc1cccs1. The topological polar surface area (TPSA) is 27.6 Å². The van der Waals surface area contributed by atoms with E-state index in [1.165, 1.54) is 17.0 Å². The molecule has 23 heavy (non-hydrogen) atoms. The normalized spacial score (nSPS) is 11.5. The molecule has 0 bridgehead atoms. The third-order valence-corrected chi connectivity index (χ3v) is 4.48. The maximum atomic E-state index is 12.9. The number of hydrogen-bond acceptors (Lipinski definition) is 2. The highest BCUT2D eigenvalue weighted by molar-refractivity contribution is 7.09. The van der Waals surface area contributed by atoms with Crippen LogP contribution in [0.2, 0.25) is 0 Å². The molecular weight excluding hydrogens is 309 g/mol. The third-order valence-electron chi connectivity index (χ3n) is 3.55. The third kappa shape index (κ3) is 6.02. The highest BCUT2D eigenvalue weighted by atomic mass is 32.1. The molecule has 2 aromatic rings. The average Bonchev–Trinajstić information content (AvgIpc) is 3.07. The first kappa shape index (κ1) is 17.5. The van der Waals surface area contributed by atoms with Gasteiger partial charge in [-0.2, -0.15) is 0 Å². The van der Waals surface area contributed by atoms with Crippen molar-refractivity contribution >= 4 is 17.3 Å². The summed E-state index contributed by atoms with van der Waals surface area (Å²) in [5.41, 5.74) is 1.10. The number of nitrogens with zero attached hydrogens (tertiary/aromatic N) is 2. The van der Waals surface area contributed by atoms with Crippen LogP contribution in [0.25, 0.3) is 0 Å². The molecule has 0 aliphatic carbocycles. The van der Waals surface area contributed by atoms with Crippen molar-refractivity contribution in [2.45, 2.75) is 19.8 Å². The zero-order valence-electron chi connectivity index (χ0n) is 13.8. The van der Waals surface area contributed by atoms with Gasteiger partial charge >= 0.3 is 0 Å². The Labute approximate surface area is 141 Å². The Hall–Kier alpha value is -1.88. The molecule has 0 saturated carbocycles. The number of halogens is 1. The Morgan fingerprint density at radius 1 is 1.22 bits per heavy atom. The van der Waals surface area contributed by atoms with Crippen LogP contribution in [0, 0.1) is 5.82 Å². The predicted octanol–water partition coefficient (Wildman–Crippen LogP) is 3.57. The minimum absolute atomic E-state index is 0.195. The summed E-state index contributed by atoms with van der Waals surface area (Å²) in [5, 5.41) is 5.44. The Morgan fingerprint density at radius 3 is 2.65 bits per heavy atom. The number of thiophene rings is 1. The van der Waals surface area contributed by atoms with Crippen LogP contribution in [0.5, 0.6) is 0 Å². The average molecular weight is 333 g/mol. The molecule has 0 saturated heterocycles. The van der Waals surface area contributed by atoms with Gasteiger partial charge in [-0.25, -0.2) is 4.39 Å². The first-order chi connectivity index (χ1) is 11.2. The van der Waals surface area contributed by atoms with Gasteiger partial charge in [-0.15, -0.1) is 11.3 Å². The fraction of sp³-hybridized carbons (Fsp3) is 0.389. The summed E-state index contributed by atoms with van der Waals surface area (Å²) in [6, 6.07) is 10.9. The van der Waals surface area contributed by atoms with E-state index < -0.39 is 0 Å². The molecule has 5 heteroatoms. The standard InChI is InChI=1S/C18H24FN3S/c1-3-20-18(22(2)13-11-17-5-4-14-23-17)21-12-10-15-6-8-16(19)9-7-15/h4-9,14H,3,10-13H2,1-2H3,(H,20,21). The van der Waals surface area contributed by atoms with Gasteiger partial charge in [0.05, 0.1) is 0 Å². The molecule has 0 atom stereocenters. The Balaban J connectivity index is 1.86. The van der Waals surface area contributed by atoms with Gasteiger partial charge in [0.1, 0.15) is 5.82 Å². The Kier molecular flexibility index (Phi) is 7.07. The lowest BCUT2D eigenvalue weighted by atomic mass is 10.1. The second-order valence-electron chi connectivity index (χ2n) is 5.36. The summed E-state index contributed by atoms with van der Waals surface area (Å²) in [6.07, 6.45) is 1.84. The van der Waals surface area contributed by atoms with Crippen LogP contribution >= 0.6 is 11.3 Å². The van der Waals surface area contributed by atoms with E-state index in [-0.39, 0.29) is 5.82 Å². The molecule has 0 radical (unpaired) electrons. The molecule has 2 rings (SSSR count). The van der Waals surface area contributed by atoms with Crippen LogP contribution in [0.15, 0.2) is 46.8 Å². The Bertz CT molecular complexity index is 593. The summed E-state index contributed by atoms with van der Waals surface area (Å²) in [6.45, 7) is 4.54. The molecule has 1 heterocycles. The zero-order chi connectivity index (χ0) is 16.5. The molecule has 0 fully saturated rings. The lowest BCUT2D eigenvalue weighted by Crippen LogP contribution is -2.40. The molecule has 0 unspecified atom stereocenters. The maximum absolute atomic E-state index is 12.9. The molecule has 0 amide bonds. The molecular formula is C18H24FN3S. The summed E-state index contributed by atoms with van der Waals surface area (Å²) in [5.74, 6) is 0.727. The summed E-state index contributed by atoms with van der Waals surface area (Å²) < 4.78 is 12.9.